The van der Waals surface area contributed by atoms with Crippen LogP contribution < -0.4 is 19.1 Å². The molecule has 9 heteroatoms. The number of rotatable bonds is 5. The van der Waals surface area contributed by atoms with Gasteiger partial charge in [0.05, 0.1) is 38.4 Å². The number of anilines is 1. The van der Waals surface area contributed by atoms with Crippen molar-refractivity contribution in [3.63, 3.8) is 0 Å². The van der Waals surface area contributed by atoms with Crippen LogP contribution in [0.4, 0.5) is 5.82 Å². The molecule has 2 aliphatic rings. The summed E-state index contributed by atoms with van der Waals surface area (Å²) >= 11 is 0. The van der Waals surface area contributed by atoms with Gasteiger partial charge in [-0.25, -0.2) is 9.97 Å². The van der Waals surface area contributed by atoms with Crippen molar-refractivity contribution in [2.45, 2.75) is 37.4 Å². The number of nitrogens with zero attached hydrogens (tertiary/aromatic N) is 3. The summed E-state index contributed by atoms with van der Waals surface area (Å²) in [7, 11) is 4.75. The summed E-state index contributed by atoms with van der Waals surface area (Å²) < 4.78 is 22.3. The SMILES string of the molecule is COc1cc2c(N3CCC(O)(C4CCCO4)CC3)ncnc2c(OC)c1OC.Cl. The molecule has 2 aliphatic heterocycles. The molecule has 1 aromatic carbocycles. The van der Waals surface area contributed by atoms with Gasteiger partial charge in [0.25, 0.3) is 0 Å². The molecule has 0 amide bonds. The van der Waals surface area contributed by atoms with Crippen molar-refractivity contribution in [2.75, 3.05) is 45.9 Å². The van der Waals surface area contributed by atoms with E-state index in [0.717, 1.165) is 30.7 Å². The van der Waals surface area contributed by atoms with Crippen LogP contribution >= 0.6 is 12.4 Å². The Balaban J connectivity index is 0.00000240. The van der Waals surface area contributed by atoms with Gasteiger partial charge in [0.2, 0.25) is 5.75 Å². The second-order valence-electron chi connectivity index (χ2n) is 7.33. The fraction of sp³-hybridized carbons (Fsp3) is 0.600. The molecule has 1 aromatic heterocycles. The fourth-order valence-corrected chi connectivity index (χ4v) is 4.33. The number of aliphatic hydroxyl groups is 1. The topological polar surface area (TPSA) is 86.2 Å². The molecule has 0 bridgehead atoms. The third-order valence-corrected chi connectivity index (χ3v) is 5.87. The van der Waals surface area contributed by atoms with Crippen LogP contribution in [-0.2, 0) is 4.74 Å². The van der Waals surface area contributed by atoms with Crippen molar-refractivity contribution in [2.24, 2.45) is 0 Å². The standard InChI is InChI=1S/C20H27N3O5.ClH/c1-25-14-11-13-16(18(27-3)17(14)26-2)21-12-22-19(13)23-8-6-20(24,7-9-23)15-5-4-10-28-15;/h11-12,15,24H,4-10H2,1-3H3;1H. The second-order valence-corrected chi connectivity index (χ2v) is 7.33. The molecule has 0 spiro atoms. The molecule has 160 valence electrons. The van der Waals surface area contributed by atoms with Gasteiger partial charge in [0.1, 0.15) is 17.7 Å². The first kappa shape index (κ1) is 21.7. The minimum atomic E-state index is -0.756. The van der Waals surface area contributed by atoms with Crippen molar-refractivity contribution >= 4 is 29.1 Å². The molecule has 29 heavy (non-hydrogen) atoms. The lowest BCUT2D eigenvalue weighted by atomic mass is 9.84. The molecule has 1 unspecified atom stereocenters. The Labute approximate surface area is 176 Å². The first-order valence-corrected chi connectivity index (χ1v) is 9.64. The molecule has 8 nitrogen and oxygen atoms in total. The van der Waals surface area contributed by atoms with Crippen molar-refractivity contribution in [3.05, 3.63) is 12.4 Å². The Hall–Kier alpha value is -2.03. The molecule has 0 saturated carbocycles. The number of fused-ring (bicyclic) bond motifs is 1. The van der Waals surface area contributed by atoms with E-state index in [4.69, 9.17) is 18.9 Å². The normalized spacial score (nSPS) is 21.0. The largest absolute Gasteiger partial charge is 0.493 e. The zero-order chi connectivity index (χ0) is 19.7. The van der Waals surface area contributed by atoms with Crippen LogP contribution in [0.15, 0.2) is 12.4 Å². The third-order valence-electron chi connectivity index (χ3n) is 5.87. The van der Waals surface area contributed by atoms with Gasteiger partial charge in [-0.1, -0.05) is 0 Å². The lowest BCUT2D eigenvalue weighted by Crippen LogP contribution is -2.51. The number of piperidine rings is 1. The van der Waals surface area contributed by atoms with Gasteiger partial charge in [-0.15, -0.1) is 12.4 Å². The van der Waals surface area contributed by atoms with Crippen LogP contribution in [0.1, 0.15) is 25.7 Å². The molecule has 4 rings (SSSR count). The quantitative estimate of drug-likeness (QED) is 0.782. The maximum absolute atomic E-state index is 11.0. The number of ether oxygens (including phenoxy) is 4. The Morgan fingerprint density at radius 2 is 1.83 bits per heavy atom. The maximum atomic E-state index is 11.0. The van der Waals surface area contributed by atoms with Crippen LogP contribution in [0.2, 0.25) is 0 Å². The molecule has 0 radical (unpaired) electrons. The highest BCUT2D eigenvalue weighted by Crippen LogP contribution is 2.45. The van der Waals surface area contributed by atoms with Gasteiger partial charge in [-0.05, 0) is 31.7 Å². The number of benzene rings is 1. The van der Waals surface area contributed by atoms with Gasteiger partial charge in [0, 0.05) is 19.7 Å². The van der Waals surface area contributed by atoms with E-state index in [-0.39, 0.29) is 18.5 Å². The molecule has 0 aliphatic carbocycles. The van der Waals surface area contributed by atoms with Gasteiger partial charge in [0.15, 0.2) is 11.5 Å². The molecule has 2 saturated heterocycles. The van der Waals surface area contributed by atoms with Crippen LogP contribution in [-0.4, -0.2) is 67.8 Å². The minimum absolute atomic E-state index is 0. The van der Waals surface area contributed by atoms with Gasteiger partial charge in [-0.3, -0.25) is 0 Å². The number of aromatic nitrogens is 2. The predicted molar refractivity (Wildman–Crippen MR) is 112 cm³/mol. The fourth-order valence-electron chi connectivity index (χ4n) is 4.33. The number of methoxy groups -OCH3 is 3. The highest BCUT2D eigenvalue weighted by molar-refractivity contribution is 5.97. The van der Waals surface area contributed by atoms with E-state index < -0.39 is 5.60 Å². The van der Waals surface area contributed by atoms with Crippen molar-refractivity contribution in [3.8, 4) is 17.2 Å². The molecule has 3 heterocycles. The summed E-state index contributed by atoms with van der Waals surface area (Å²) in [6.07, 6.45) is 4.73. The highest BCUT2D eigenvalue weighted by atomic mass is 35.5. The lowest BCUT2D eigenvalue weighted by molar-refractivity contribution is -0.0975. The Bertz CT molecular complexity index is 852. The highest BCUT2D eigenvalue weighted by Gasteiger charge is 2.42. The summed E-state index contributed by atoms with van der Waals surface area (Å²) in [5.74, 6) is 2.40. The predicted octanol–water partition coefficient (Wildman–Crippen LogP) is 2.59. The maximum Gasteiger partial charge on any atom is 0.205 e. The first-order valence-electron chi connectivity index (χ1n) is 9.64. The monoisotopic (exact) mass is 425 g/mol. The summed E-state index contributed by atoms with van der Waals surface area (Å²) in [6.45, 7) is 2.13. The number of hydrogen-bond acceptors (Lipinski definition) is 8. The number of halogens is 1. The molecular formula is C20H28ClN3O5. The van der Waals surface area contributed by atoms with E-state index in [0.29, 0.717) is 48.7 Å². The minimum Gasteiger partial charge on any atom is -0.493 e. The molecule has 2 aromatic rings. The summed E-state index contributed by atoms with van der Waals surface area (Å²) in [4.78, 5) is 11.1. The summed E-state index contributed by atoms with van der Waals surface area (Å²) in [5, 5.41) is 11.9. The van der Waals surface area contributed by atoms with Crippen LogP contribution in [0.25, 0.3) is 10.9 Å². The van der Waals surface area contributed by atoms with Crippen molar-refractivity contribution < 1.29 is 24.1 Å². The number of hydrogen-bond donors (Lipinski definition) is 1. The molecule has 1 atom stereocenters. The molecular weight excluding hydrogens is 398 g/mol. The van der Waals surface area contributed by atoms with E-state index in [1.807, 2.05) is 6.07 Å². The summed E-state index contributed by atoms with van der Waals surface area (Å²) in [5.41, 5.74) is -0.0841. The van der Waals surface area contributed by atoms with Crippen LogP contribution in [0.5, 0.6) is 17.2 Å². The molecule has 1 N–H and O–H groups in total. The van der Waals surface area contributed by atoms with Gasteiger partial charge < -0.3 is 29.0 Å². The lowest BCUT2D eigenvalue weighted by Gasteiger charge is -2.41. The van der Waals surface area contributed by atoms with E-state index in [1.54, 1.807) is 21.3 Å². The van der Waals surface area contributed by atoms with Gasteiger partial charge in [-0.2, -0.15) is 0 Å². The van der Waals surface area contributed by atoms with E-state index >= 15 is 0 Å². The zero-order valence-corrected chi connectivity index (χ0v) is 17.8. The summed E-state index contributed by atoms with van der Waals surface area (Å²) in [6, 6.07) is 1.88. The van der Waals surface area contributed by atoms with E-state index in [2.05, 4.69) is 14.9 Å². The van der Waals surface area contributed by atoms with Gasteiger partial charge >= 0.3 is 0 Å². The Morgan fingerprint density at radius 1 is 1.10 bits per heavy atom. The zero-order valence-electron chi connectivity index (χ0n) is 17.0. The Kier molecular flexibility index (Phi) is 6.55. The third kappa shape index (κ3) is 3.76. The van der Waals surface area contributed by atoms with Crippen molar-refractivity contribution in [1.29, 1.82) is 0 Å². The smallest absolute Gasteiger partial charge is 0.205 e. The van der Waals surface area contributed by atoms with Crippen LogP contribution in [0.3, 0.4) is 0 Å². The van der Waals surface area contributed by atoms with Crippen molar-refractivity contribution in [1.82, 2.24) is 9.97 Å². The second kappa shape index (κ2) is 8.77. The Morgan fingerprint density at radius 3 is 2.41 bits per heavy atom. The average Bonchev–Trinajstić information content (AvgIpc) is 3.28. The average molecular weight is 426 g/mol. The van der Waals surface area contributed by atoms with E-state index in [9.17, 15) is 5.11 Å². The molecule has 2 fully saturated rings. The van der Waals surface area contributed by atoms with E-state index in [1.165, 1.54) is 6.33 Å². The van der Waals surface area contributed by atoms with Crippen LogP contribution in [0, 0.1) is 0 Å². The first-order chi connectivity index (χ1) is 13.6.